The lowest BCUT2D eigenvalue weighted by Gasteiger charge is -2.29. The SMILES string of the molecule is CCOC(=O)c1ccc2c(c1)S(=O)(=O)N=C1CCCCCN12. The van der Waals surface area contributed by atoms with Crippen molar-refractivity contribution in [2.24, 2.45) is 4.40 Å². The molecule has 22 heavy (non-hydrogen) atoms. The monoisotopic (exact) mass is 322 g/mol. The number of anilines is 1. The molecule has 0 radical (unpaired) electrons. The number of fused-ring (bicyclic) bond motifs is 3. The van der Waals surface area contributed by atoms with Crippen LogP contribution in [0.4, 0.5) is 5.69 Å². The molecular weight excluding hydrogens is 304 g/mol. The lowest BCUT2D eigenvalue weighted by atomic mass is 10.2. The quantitative estimate of drug-likeness (QED) is 0.781. The molecule has 0 aromatic heterocycles. The van der Waals surface area contributed by atoms with Crippen molar-refractivity contribution in [1.82, 2.24) is 0 Å². The van der Waals surface area contributed by atoms with E-state index in [9.17, 15) is 13.2 Å². The van der Waals surface area contributed by atoms with Gasteiger partial charge in [-0.05, 0) is 38.0 Å². The largest absolute Gasteiger partial charge is 0.462 e. The van der Waals surface area contributed by atoms with Gasteiger partial charge in [0.1, 0.15) is 10.7 Å². The maximum absolute atomic E-state index is 12.4. The van der Waals surface area contributed by atoms with E-state index in [2.05, 4.69) is 4.40 Å². The van der Waals surface area contributed by atoms with Gasteiger partial charge in [0.15, 0.2) is 0 Å². The van der Waals surface area contributed by atoms with Gasteiger partial charge < -0.3 is 9.64 Å². The standard InChI is InChI=1S/C15H18N2O4S/c1-2-21-15(18)11-7-8-12-13(10-11)22(19,20)16-14-6-4-3-5-9-17(12)14/h7-8,10H,2-6,9H2,1H3. The van der Waals surface area contributed by atoms with E-state index in [1.165, 1.54) is 6.07 Å². The highest BCUT2D eigenvalue weighted by molar-refractivity contribution is 7.90. The topological polar surface area (TPSA) is 76.0 Å². The summed E-state index contributed by atoms with van der Waals surface area (Å²) in [7, 11) is -3.76. The van der Waals surface area contributed by atoms with Gasteiger partial charge in [-0.2, -0.15) is 8.42 Å². The van der Waals surface area contributed by atoms with Gasteiger partial charge in [-0.1, -0.05) is 6.42 Å². The average molecular weight is 322 g/mol. The summed E-state index contributed by atoms with van der Waals surface area (Å²) in [6, 6.07) is 4.66. The highest BCUT2D eigenvalue weighted by Gasteiger charge is 2.32. The summed E-state index contributed by atoms with van der Waals surface area (Å²) in [5.74, 6) is 0.0834. The summed E-state index contributed by atoms with van der Waals surface area (Å²) < 4.78 is 33.7. The molecule has 0 amide bonds. The Bertz CT molecular complexity index is 740. The molecule has 2 aliphatic rings. The van der Waals surface area contributed by atoms with Crippen molar-refractivity contribution in [3.8, 4) is 0 Å². The van der Waals surface area contributed by atoms with E-state index in [1.807, 2.05) is 4.90 Å². The van der Waals surface area contributed by atoms with E-state index in [0.717, 1.165) is 25.8 Å². The van der Waals surface area contributed by atoms with Gasteiger partial charge in [0, 0.05) is 13.0 Å². The van der Waals surface area contributed by atoms with E-state index in [0.29, 0.717) is 17.9 Å². The summed E-state index contributed by atoms with van der Waals surface area (Å²) >= 11 is 0. The summed E-state index contributed by atoms with van der Waals surface area (Å²) in [6.45, 7) is 2.71. The van der Waals surface area contributed by atoms with E-state index < -0.39 is 16.0 Å². The van der Waals surface area contributed by atoms with Crippen molar-refractivity contribution in [2.45, 2.75) is 37.5 Å². The number of carbonyl (C=O) groups excluding carboxylic acids is 1. The maximum atomic E-state index is 12.4. The number of carbonyl (C=O) groups is 1. The molecule has 0 saturated carbocycles. The lowest BCUT2D eigenvalue weighted by molar-refractivity contribution is 0.0526. The highest BCUT2D eigenvalue weighted by Crippen LogP contribution is 2.35. The minimum absolute atomic E-state index is 0.0868. The van der Waals surface area contributed by atoms with Crippen molar-refractivity contribution in [3.05, 3.63) is 23.8 Å². The summed E-state index contributed by atoms with van der Waals surface area (Å²) in [6.07, 6.45) is 3.67. The van der Waals surface area contributed by atoms with Gasteiger partial charge in [-0.25, -0.2) is 4.79 Å². The molecule has 1 aromatic carbocycles. The number of rotatable bonds is 2. The Balaban J connectivity index is 2.09. The molecule has 6 nitrogen and oxygen atoms in total. The third-order valence-electron chi connectivity index (χ3n) is 3.86. The van der Waals surface area contributed by atoms with E-state index in [-0.39, 0.29) is 17.1 Å². The molecule has 1 fully saturated rings. The Morgan fingerprint density at radius 1 is 1.32 bits per heavy atom. The molecule has 118 valence electrons. The second kappa shape index (κ2) is 5.72. The first-order valence-electron chi connectivity index (χ1n) is 7.45. The predicted molar refractivity (Wildman–Crippen MR) is 82.8 cm³/mol. The van der Waals surface area contributed by atoms with Crippen molar-refractivity contribution in [3.63, 3.8) is 0 Å². The van der Waals surface area contributed by atoms with Gasteiger partial charge in [-0.15, -0.1) is 4.40 Å². The second-order valence-corrected chi connectivity index (χ2v) is 6.92. The van der Waals surface area contributed by atoms with Crippen molar-refractivity contribution < 1.29 is 17.9 Å². The van der Waals surface area contributed by atoms with Crippen LogP contribution in [-0.2, 0) is 14.8 Å². The number of hydrogen-bond acceptors (Lipinski definition) is 5. The zero-order valence-electron chi connectivity index (χ0n) is 12.4. The Morgan fingerprint density at radius 2 is 2.14 bits per heavy atom. The molecule has 0 unspecified atom stereocenters. The molecule has 1 aromatic rings. The normalized spacial score (nSPS) is 19.5. The number of amidine groups is 1. The molecule has 2 heterocycles. The molecule has 3 rings (SSSR count). The van der Waals surface area contributed by atoms with E-state index in [1.54, 1.807) is 19.1 Å². The number of benzene rings is 1. The fourth-order valence-corrected chi connectivity index (χ4v) is 4.11. The molecule has 7 heteroatoms. The Hall–Kier alpha value is -1.89. The van der Waals surface area contributed by atoms with Gasteiger partial charge >= 0.3 is 5.97 Å². The fourth-order valence-electron chi connectivity index (χ4n) is 2.82. The molecule has 1 saturated heterocycles. The highest BCUT2D eigenvalue weighted by atomic mass is 32.2. The minimum atomic E-state index is -3.76. The van der Waals surface area contributed by atoms with Crippen molar-refractivity contribution in [2.75, 3.05) is 18.1 Å². The Labute approximate surface area is 129 Å². The molecule has 0 N–H and O–H groups in total. The van der Waals surface area contributed by atoms with Crippen LogP contribution in [0.2, 0.25) is 0 Å². The predicted octanol–water partition coefficient (Wildman–Crippen LogP) is 2.34. The Kier molecular flexibility index (Phi) is 3.90. The summed E-state index contributed by atoms with van der Waals surface area (Å²) in [4.78, 5) is 13.9. The van der Waals surface area contributed by atoms with Gasteiger partial charge in [0.25, 0.3) is 10.0 Å². The first-order chi connectivity index (χ1) is 10.5. The molecular formula is C15H18N2O4S. The van der Waals surface area contributed by atoms with Crippen molar-refractivity contribution in [1.29, 1.82) is 0 Å². The van der Waals surface area contributed by atoms with Crippen molar-refractivity contribution >= 4 is 27.5 Å². The maximum Gasteiger partial charge on any atom is 0.338 e. The second-order valence-electron chi connectivity index (χ2n) is 5.35. The number of ether oxygens (including phenoxy) is 1. The molecule has 2 aliphatic heterocycles. The fraction of sp³-hybridized carbons (Fsp3) is 0.467. The molecule has 0 atom stereocenters. The lowest BCUT2D eigenvalue weighted by Crippen LogP contribution is -2.35. The van der Waals surface area contributed by atoms with Crippen LogP contribution >= 0.6 is 0 Å². The third-order valence-corrected chi connectivity index (χ3v) is 5.19. The van der Waals surface area contributed by atoms with Crippen LogP contribution in [0.15, 0.2) is 27.5 Å². The average Bonchev–Trinajstić information content (AvgIpc) is 2.72. The van der Waals surface area contributed by atoms with Crippen LogP contribution in [0.25, 0.3) is 0 Å². The number of esters is 1. The van der Waals surface area contributed by atoms with Crippen LogP contribution < -0.4 is 4.90 Å². The molecule has 0 aliphatic carbocycles. The van der Waals surface area contributed by atoms with Gasteiger partial charge in [0.05, 0.1) is 17.9 Å². The van der Waals surface area contributed by atoms with Crippen LogP contribution in [0.1, 0.15) is 43.0 Å². The van der Waals surface area contributed by atoms with E-state index >= 15 is 0 Å². The number of sulfonamides is 1. The smallest absolute Gasteiger partial charge is 0.338 e. The van der Waals surface area contributed by atoms with Crippen LogP contribution in [0, 0.1) is 0 Å². The number of nitrogens with zero attached hydrogens (tertiary/aromatic N) is 2. The zero-order valence-corrected chi connectivity index (χ0v) is 13.2. The Morgan fingerprint density at radius 3 is 2.91 bits per heavy atom. The van der Waals surface area contributed by atoms with Crippen LogP contribution in [-0.4, -0.2) is 33.4 Å². The molecule has 0 bridgehead atoms. The van der Waals surface area contributed by atoms with Gasteiger partial charge in [-0.3, -0.25) is 0 Å². The third kappa shape index (κ3) is 2.61. The first-order valence-corrected chi connectivity index (χ1v) is 8.89. The minimum Gasteiger partial charge on any atom is -0.462 e. The number of hydrogen-bond donors (Lipinski definition) is 0. The summed E-state index contributed by atoms with van der Waals surface area (Å²) in [5, 5.41) is 0. The van der Waals surface area contributed by atoms with Gasteiger partial charge in [0.2, 0.25) is 0 Å². The van der Waals surface area contributed by atoms with Crippen LogP contribution in [0.3, 0.4) is 0 Å². The molecule has 0 spiro atoms. The first kappa shape index (κ1) is 15.0. The van der Waals surface area contributed by atoms with Crippen LogP contribution in [0.5, 0.6) is 0 Å². The zero-order chi connectivity index (χ0) is 15.7. The van der Waals surface area contributed by atoms with E-state index in [4.69, 9.17) is 4.74 Å². The summed E-state index contributed by atoms with van der Waals surface area (Å²) in [5.41, 5.74) is 0.845.